The van der Waals surface area contributed by atoms with Gasteiger partial charge in [0.05, 0.1) is 19.1 Å². The first-order valence-corrected chi connectivity index (χ1v) is 11.0. The lowest BCUT2D eigenvalue weighted by Gasteiger charge is -2.31. The van der Waals surface area contributed by atoms with E-state index in [1.54, 1.807) is 33.2 Å². The normalized spacial score (nSPS) is 12.3. The highest BCUT2D eigenvalue weighted by atomic mass is 32.2. The number of aryl methyl sites for hydroxylation is 1. The molecule has 0 heterocycles. The van der Waals surface area contributed by atoms with E-state index in [-0.39, 0.29) is 5.91 Å². The van der Waals surface area contributed by atoms with Crippen molar-refractivity contribution >= 4 is 21.6 Å². The number of ether oxygens (including phenoxy) is 1. The lowest BCUT2D eigenvalue weighted by atomic mass is 10.1. The van der Waals surface area contributed by atoms with Gasteiger partial charge in [0.25, 0.3) is 0 Å². The van der Waals surface area contributed by atoms with E-state index in [0.29, 0.717) is 12.2 Å². The Hall–Kier alpha value is -2.54. The van der Waals surface area contributed by atoms with Crippen LogP contribution in [0.5, 0.6) is 5.75 Å². The van der Waals surface area contributed by atoms with Gasteiger partial charge >= 0.3 is 0 Å². The molecule has 2 aromatic rings. The van der Waals surface area contributed by atoms with Crippen molar-refractivity contribution in [2.24, 2.45) is 0 Å². The van der Waals surface area contributed by atoms with Crippen LogP contribution in [0.15, 0.2) is 48.5 Å². The highest BCUT2D eigenvalue weighted by Gasteiger charge is 2.30. The summed E-state index contributed by atoms with van der Waals surface area (Å²) >= 11 is 0. The first kappa shape index (κ1) is 21.8. The zero-order valence-electron chi connectivity index (χ0n) is 17.0. The van der Waals surface area contributed by atoms with Gasteiger partial charge in [-0.1, -0.05) is 31.2 Å². The second-order valence-corrected chi connectivity index (χ2v) is 8.66. The summed E-state index contributed by atoms with van der Waals surface area (Å²) in [6.45, 7) is 4.02. The zero-order valence-corrected chi connectivity index (χ0v) is 17.9. The second-order valence-electron chi connectivity index (χ2n) is 6.80. The van der Waals surface area contributed by atoms with Crippen LogP contribution < -0.4 is 9.04 Å². The predicted octanol–water partition coefficient (Wildman–Crippen LogP) is 3.07. The molecule has 1 amide bonds. The molecule has 0 aliphatic carbocycles. The van der Waals surface area contributed by atoms with Crippen molar-refractivity contribution in [1.82, 2.24) is 4.90 Å². The molecule has 0 radical (unpaired) electrons. The summed E-state index contributed by atoms with van der Waals surface area (Å²) in [5.74, 6) is 0.464. The number of rotatable bonds is 8. The fourth-order valence-corrected chi connectivity index (χ4v) is 4.25. The minimum Gasteiger partial charge on any atom is -0.497 e. The van der Waals surface area contributed by atoms with E-state index in [4.69, 9.17) is 4.74 Å². The van der Waals surface area contributed by atoms with Crippen LogP contribution in [0.3, 0.4) is 0 Å². The molecule has 0 fully saturated rings. The SMILES string of the molecule is CCc1ccc(N([C@@H](C)C(=O)N(C)Cc2ccc(OC)cc2)S(C)(=O)=O)cc1. The summed E-state index contributed by atoms with van der Waals surface area (Å²) in [5.41, 5.74) is 2.52. The van der Waals surface area contributed by atoms with Gasteiger partial charge in [0.1, 0.15) is 11.8 Å². The molecule has 0 unspecified atom stereocenters. The Kier molecular flexibility index (Phi) is 7.07. The molecule has 0 aromatic heterocycles. The summed E-state index contributed by atoms with van der Waals surface area (Å²) in [5, 5.41) is 0. The van der Waals surface area contributed by atoms with Crippen LogP contribution in [-0.2, 0) is 27.8 Å². The molecule has 0 aliphatic heterocycles. The lowest BCUT2D eigenvalue weighted by molar-refractivity contribution is -0.131. The Morgan fingerprint density at radius 2 is 1.57 bits per heavy atom. The van der Waals surface area contributed by atoms with E-state index in [1.165, 1.54) is 9.21 Å². The molecule has 2 rings (SSSR count). The number of nitrogens with zero attached hydrogens (tertiary/aromatic N) is 2. The summed E-state index contributed by atoms with van der Waals surface area (Å²) in [6.07, 6.45) is 1.98. The molecule has 0 spiro atoms. The molecule has 0 saturated heterocycles. The van der Waals surface area contributed by atoms with Crippen LogP contribution in [0.4, 0.5) is 5.69 Å². The summed E-state index contributed by atoms with van der Waals surface area (Å²) in [4.78, 5) is 14.5. The van der Waals surface area contributed by atoms with Gasteiger partial charge in [0, 0.05) is 13.6 Å². The molecule has 0 saturated carbocycles. The van der Waals surface area contributed by atoms with Crippen LogP contribution in [0.1, 0.15) is 25.0 Å². The minimum atomic E-state index is -3.63. The highest BCUT2D eigenvalue weighted by molar-refractivity contribution is 7.92. The standard InChI is InChI=1S/C21H28N2O4S/c1-6-17-7-11-19(12-8-17)23(28(5,25)26)16(2)21(24)22(3)15-18-9-13-20(27-4)14-10-18/h7-14,16H,6,15H2,1-5H3/t16-/m0/s1. The average Bonchev–Trinajstić information content (AvgIpc) is 2.67. The van der Waals surface area contributed by atoms with Gasteiger partial charge in [-0.15, -0.1) is 0 Å². The molecule has 2 aromatic carbocycles. The van der Waals surface area contributed by atoms with Crippen LogP contribution in [-0.4, -0.2) is 45.7 Å². The van der Waals surface area contributed by atoms with Crippen LogP contribution in [0.2, 0.25) is 0 Å². The maximum atomic E-state index is 13.0. The second kappa shape index (κ2) is 9.10. The maximum Gasteiger partial charge on any atom is 0.246 e. The van der Waals surface area contributed by atoms with Gasteiger partial charge in [0.15, 0.2) is 0 Å². The fourth-order valence-electron chi connectivity index (χ4n) is 3.08. The predicted molar refractivity (Wildman–Crippen MR) is 112 cm³/mol. The molecule has 0 N–H and O–H groups in total. The molecular weight excluding hydrogens is 376 g/mol. The number of sulfonamides is 1. The quantitative estimate of drug-likeness (QED) is 0.678. The zero-order chi connectivity index (χ0) is 20.9. The van der Waals surface area contributed by atoms with Gasteiger partial charge in [0.2, 0.25) is 15.9 Å². The Morgan fingerprint density at radius 1 is 1.04 bits per heavy atom. The van der Waals surface area contributed by atoms with E-state index >= 15 is 0 Å². The molecular formula is C21H28N2O4S. The summed E-state index contributed by atoms with van der Waals surface area (Å²) in [6, 6.07) is 13.8. The fraction of sp³-hybridized carbons (Fsp3) is 0.381. The Balaban J connectivity index is 2.21. The maximum absolute atomic E-state index is 13.0. The van der Waals surface area contributed by atoms with Crippen LogP contribution in [0, 0.1) is 0 Å². The monoisotopic (exact) mass is 404 g/mol. The third-order valence-electron chi connectivity index (χ3n) is 4.62. The van der Waals surface area contributed by atoms with Crippen molar-refractivity contribution < 1.29 is 17.9 Å². The average molecular weight is 405 g/mol. The number of likely N-dealkylation sites (N-methyl/N-ethyl adjacent to an activating group) is 1. The third kappa shape index (κ3) is 5.25. The van der Waals surface area contributed by atoms with Crippen molar-refractivity contribution in [3.63, 3.8) is 0 Å². The van der Waals surface area contributed by atoms with Crippen LogP contribution >= 0.6 is 0 Å². The van der Waals surface area contributed by atoms with Crippen molar-refractivity contribution in [1.29, 1.82) is 0 Å². The number of benzene rings is 2. The number of methoxy groups -OCH3 is 1. The number of anilines is 1. The third-order valence-corrected chi connectivity index (χ3v) is 5.86. The van der Waals surface area contributed by atoms with E-state index in [0.717, 1.165) is 29.6 Å². The first-order chi connectivity index (χ1) is 13.2. The smallest absolute Gasteiger partial charge is 0.246 e. The van der Waals surface area contributed by atoms with Crippen LogP contribution in [0.25, 0.3) is 0 Å². The number of hydrogen-bond acceptors (Lipinski definition) is 4. The Labute approximate surface area is 167 Å². The number of carbonyl (C=O) groups excluding carboxylic acids is 1. The minimum absolute atomic E-state index is 0.277. The Bertz CT molecular complexity index is 893. The summed E-state index contributed by atoms with van der Waals surface area (Å²) < 4.78 is 31.2. The topological polar surface area (TPSA) is 66.9 Å². The number of amides is 1. The number of carbonyl (C=O) groups is 1. The van der Waals surface area contributed by atoms with Gasteiger partial charge in [-0.25, -0.2) is 8.42 Å². The highest BCUT2D eigenvalue weighted by Crippen LogP contribution is 2.23. The number of hydrogen-bond donors (Lipinski definition) is 0. The molecule has 1 atom stereocenters. The summed E-state index contributed by atoms with van der Waals surface area (Å²) in [7, 11) is -0.361. The molecule has 0 aliphatic rings. The van der Waals surface area contributed by atoms with E-state index < -0.39 is 16.1 Å². The molecule has 6 nitrogen and oxygen atoms in total. The Morgan fingerprint density at radius 3 is 2.04 bits per heavy atom. The largest absolute Gasteiger partial charge is 0.497 e. The molecule has 7 heteroatoms. The van der Waals surface area contributed by atoms with E-state index in [2.05, 4.69) is 0 Å². The van der Waals surface area contributed by atoms with Gasteiger partial charge < -0.3 is 9.64 Å². The van der Waals surface area contributed by atoms with Crippen molar-refractivity contribution in [2.45, 2.75) is 32.9 Å². The first-order valence-electron chi connectivity index (χ1n) is 9.13. The molecule has 28 heavy (non-hydrogen) atoms. The van der Waals surface area contributed by atoms with Crippen molar-refractivity contribution in [3.8, 4) is 5.75 Å². The lowest BCUT2D eigenvalue weighted by Crippen LogP contribution is -2.48. The molecule has 0 bridgehead atoms. The van der Waals surface area contributed by atoms with Gasteiger partial charge in [-0.05, 0) is 48.7 Å². The van der Waals surface area contributed by atoms with Gasteiger partial charge in [-0.3, -0.25) is 9.10 Å². The van der Waals surface area contributed by atoms with Gasteiger partial charge in [-0.2, -0.15) is 0 Å². The molecule has 152 valence electrons. The van der Waals surface area contributed by atoms with Crippen molar-refractivity contribution in [2.75, 3.05) is 24.7 Å². The van der Waals surface area contributed by atoms with E-state index in [1.807, 2.05) is 43.3 Å². The van der Waals surface area contributed by atoms with E-state index in [9.17, 15) is 13.2 Å². The van der Waals surface area contributed by atoms with Crippen molar-refractivity contribution in [3.05, 3.63) is 59.7 Å².